The number of nitrogens with one attached hydrogen (secondary N) is 2. The van der Waals surface area contributed by atoms with Gasteiger partial charge < -0.3 is 15.4 Å². The van der Waals surface area contributed by atoms with Gasteiger partial charge in [-0.3, -0.25) is 14.3 Å². The van der Waals surface area contributed by atoms with Crippen molar-refractivity contribution in [2.75, 3.05) is 18.5 Å². The van der Waals surface area contributed by atoms with E-state index in [1.807, 2.05) is 31.2 Å². The fourth-order valence-electron chi connectivity index (χ4n) is 3.51. The van der Waals surface area contributed by atoms with Crippen LogP contribution in [0.15, 0.2) is 54.7 Å². The number of amides is 2. The average molecular weight is 422 g/mol. The second-order valence-electron chi connectivity index (χ2n) is 7.44. The molecule has 160 valence electrons. The van der Waals surface area contributed by atoms with Crippen molar-refractivity contribution in [1.82, 2.24) is 15.1 Å². The van der Waals surface area contributed by atoms with Crippen LogP contribution in [0.1, 0.15) is 33.3 Å². The second-order valence-corrected chi connectivity index (χ2v) is 7.44. The highest BCUT2D eigenvalue weighted by Gasteiger charge is 2.21. The van der Waals surface area contributed by atoms with Crippen LogP contribution in [0.5, 0.6) is 5.75 Å². The molecule has 4 rings (SSSR count). The standard InChI is InChI=1S/C23H23FN4O3/c1-2-28-8-7-20(27-28)23(30)26-19-11-17(10-18(24)12-19)22(29)25-13-15-9-16-5-3-4-6-21(16)31-14-15/h3-8,10-12,15H,2,9,13-14H2,1H3,(H,25,29)(H,26,30). The van der Waals surface area contributed by atoms with Crippen LogP contribution < -0.4 is 15.4 Å². The maximum Gasteiger partial charge on any atom is 0.276 e. The summed E-state index contributed by atoms with van der Waals surface area (Å²) in [6.45, 7) is 3.45. The van der Waals surface area contributed by atoms with E-state index >= 15 is 0 Å². The topological polar surface area (TPSA) is 85.2 Å². The summed E-state index contributed by atoms with van der Waals surface area (Å²) in [7, 11) is 0. The molecular formula is C23H23FN4O3. The molecule has 2 heterocycles. The first-order valence-corrected chi connectivity index (χ1v) is 10.2. The molecule has 7 nitrogen and oxygen atoms in total. The number of ether oxygens (including phenoxy) is 1. The number of carbonyl (C=O) groups excluding carboxylic acids is 2. The first-order valence-electron chi connectivity index (χ1n) is 10.2. The summed E-state index contributed by atoms with van der Waals surface area (Å²) in [6.07, 6.45) is 2.48. The lowest BCUT2D eigenvalue weighted by molar-refractivity contribution is 0.0937. The molecule has 0 bridgehead atoms. The summed E-state index contributed by atoms with van der Waals surface area (Å²) in [5.74, 6) is -0.497. The predicted octanol–water partition coefficient (Wildman–Crippen LogP) is 3.28. The van der Waals surface area contributed by atoms with Crippen LogP contribution in [-0.4, -0.2) is 34.7 Å². The summed E-state index contributed by atoms with van der Waals surface area (Å²) >= 11 is 0. The number of fused-ring (bicyclic) bond motifs is 1. The molecular weight excluding hydrogens is 399 g/mol. The molecule has 0 saturated carbocycles. The number of nitrogens with zero attached hydrogens (tertiary/aromatic N) is 2. The molecule has 0 spiro atoms. The number of halogens is 1. The summed E-state index contributed by atoms with van der Waals surface area (Å²) in [4.78, 5) is 24.9. The highest BCUT2D eigenvalue weighted by atomic mass is 19.1. The zero-order chi connectivity index (χ0) is 21.8. The molecule has 2 N–H and O–H groups in total. The van der Waals surface area contributed by atoms with Crippen molar-refractivity contribution in [3.05, 3.63) is 77.4 Å². The lowest BCUT2D eigenvalue weighted by Gasteiger charge is -2.25. The fraction of sp³-hybridized carbons (Fsp3) is 0.261. The molecule has 31 heavy (non-hydrogen) atoms. The average Bonchev–Trinajstić information content (AvgIpc) is 3.26. The normalized spacial score (nSPS) is 15.0. The summed E-state index contributed by atoms with van der Waals surface area (Å²) in [6, 6.07) is 13.2. The molecule has 1 aliphatic rings. The lowest BCUT2D eigenvalue weighted by Crippen LogP contribution is -2.34. The largest absolute Gasteiger partial charge is 0.493 e. The van der Waals surface area contributed by atoms with Crippen molar-refractivity contribution < 1.29 is 18.7 Å². The Labute approximate surface area is 179 Å². The van der Waals surface area contributed by atoms with Crippen LogP contribution in [0.3, 0.4) is 0 Å². The molecule has 8 heteroatoms. The first-order chi connectivity index (χ1) is 15.0. The van der Waals surface area contributed by atoms with E-state index < -0.39 is 17.6 Å². The maximum atomic E-state index is 14.1. The van der Waals surface area contributed by atoms with Gasteiger partial charge in [-0.15, -0.1) is 0 Å². The quantitative estimate of drug-likeness (QED) is 0.639. The van der Waals surface area contributed by atoms with Crippen LogP contribution in [0.4, 0.5) is 10.1 Å². The van der Waals surface area contributed by atoms with Gasteiger partial charge in [0.05, 0.1) is 6.61 Å². The van der Waals surface area contributed by atoms with Crippen molar-refractivity contribution in [1.29, 1.82) is 0 Å². The number of hydrogen-bond donors (Lipinski definition) is 2. The first kappa shape index (κ1) is 20.6. The maximum absolute atomic E-state index is 14.1. The molecule has 0 aliphatic carbocycles. The Morgan fingerprint density at radius 1 is 1.19 bits per heavy atom. The summed E-state index contributed by atoms with van der Waals surface area (Å²) < 4.78 is 21.4. The molecule has 2 aromatic carbocycles. The minimum absolute atomic E-state index is 0.125. The number of para-hydroxylation sites is 1. The zero-order valence-electron chi connectivity index (χ0n) is 17.1. The lowest BCUT2D eigenvalue weighted by atomic mass is 9.96. The third-order valence-electron chi connectivity index (χ3n) is 5.12. The molecule has 0 radical (unpaired) electrons. The highest BCUT2D eigenvalue weighted by molar-refractivity contribution is 6.03. The van der Waals surface area contributed by atoms with Gasteiger partial charge in [0.25, 0.3) is 11.8 Å². The van der Waals surface area contributed by atoms with E-state index in [0.29, 0.717) is 19.7 Å². The molecule has 0 fully saturated rings. The van der Waals surface area contributed by atoms with E-state index in [1.165, 1.54) is 6.07 Å². The fourth-order valence-corrected chi connectivity index (χ4v) is 3.51. The van der Waals surface area contributed by atoms with Crippen LogP contribution in [0.25, 0.3) is 0 Å². The Morgan fingerprint density at radius 2 is 2.03 bits per heavy atom. The van der Waals surface area contributed by atoms with Crippen molar-refractivity contribution in [3.63, 3.8) is 0 Å². The zero-order valence-corrected chi connectivity index (χ0v) is 17.1. The van der Waals surface area contributed by atoms with Gasteiger partial charge in [0.15, 0.2) is 5.69 Å². The molecule has 1 unspecified atom stereocenters. The highest BCUT2D eigenvalue weighted by Crippen LogP contribution is 2.26. The second kappa shape index (κ2) is 8.99. The van der Waals surface area contributed by atoms with E-state index in [2.05, 4.69) is 15.7 Å². The minimum Gasteiger partial charge on any atom is -0.493 e. The van der Waals surface area contributed by atoms with E-state index in [4.69, 9.17) is 4.74 Å². The molecule has 1 aromatic heterocycles. The number of anilines is 1. The predicted molar refractivity (Wildman–Crippen MR) is 114 cm³/mol. The van der Waals surface area contributed by atoms with Crippen LogP contribution in [-0.2, 0) is 13.0 Å². The Kier molecular flexibility index (Phi) is 5.97. The Bertz CT molecular complexity index is 1110. The Hall–Kier alpha value is -3.68. The van der Waals surface area contributed by atoms with E-state index in [-0.39, 0.29) is 22.9 Å². The van der Waals surface area contributed by atoms with Gasteiger partial charge in [-0.05, 0) is 49.2 Å². The van der Waals surface area contributed by atoms with Gasteiger partial charge in [-0.2, -0.15) is 5.10 Å². The number of carbonyl (C=O) groups is 2. The SMILES string of the molecule is CCn1ccc(C(=O)Nc2cc(F)cc(C(=O)NCC3COc4ccccc4C3)c2)n1. The van der Waals surface area contributed by atoms with Gasteiger partial charge in [0, 0.05) is 36.5 Å². The van der Waals surface area contributed by atoms with Gasteiger partial charge in [-0.1, -0.05) is 18.2 Å². The van der Waals surface area contributed by atoms with Gasteiger partial charge >= 0.3 is 0 Å². The van der Waals surface area contributed by atoms with Gasteiger partial charge in [0.2, 0.25) is 0 Å². The van der Waals surface area contributed by atoms with Crippen molar-refractivity contribution in [3.8, 4) is 5.75 Å². The van der Waals surface area contributed by atoms with E-state index in [1.54, 1.807) is 16.9 Å². The number of benzene rings is 2. The smallest absolute Gasteiger partial charge is 0.276 e. The Morgan fingerprint density at radius 3 is 2.84 bits per heavy atom. The number of rotatable bonds is 6. The van der Waals surface area contributed by atoms with Crippen molar-refractivity contribution >= 4 is 17.5 Å². The number of hydrogen-bond acceptors (Lipinski definition) is 4. The summed E-state index contributed by atoms with van der Waals surface area (Å²) in [5, 5.41) is 9.55. The molecule has 1 atom stereocenters. The number of aryl methyl sites for hydroxylation is 1. The third kappa shape index (κ3) is 4.91. The third-order valence-corrected chi connectivity index (χ3v) is 5.12. The molecule has 3 aromatic rings. The van der Waals surface area contributed by atoms with E-state index in [9.17, 15) is 14.0 Å². The van der Waals surface area contributed by atoms with E-state index in [0.717, 1.165) is 29.9 Å². The van der Waals surface area contributed by atoms with Crippen LogP contribution >= 0.6 is 0 Å². The van der Waals surface area contributed by atoms with Crippen LogP contribution in [0.2, 0.25) is 0 Å². The Balaban J connectivity index is 1.38. The van der Waals surface area contributed by atoms with Crippen molar-refractivity contribution in [2.24, 2.45) is 5.92 Å². The van der Waals surface area contributed by atoms with Gasteiger partial charge in [-0.25, -0.2) is 4.39 Å². The van der Waals surface area contributed by atoms with Crippen LogP contribution in [0, 0.1) is 11.7 Å². The van der Waals surface area contributed by atoms with Crippen molar-refractivity contribution in [2.45, 2.75) is 19.9 Å². The molecule has 0 saturated heterocycles. The summed E-state index contributed by atoms with van der Waals surface area (Å²) in [5.41, 5.74) is 1.65. The molecule has 1 aliphatic heterocycles. The minimum atomic E-state index is -0.614. The number of aromatic nitrogens is 2. The molecule has 2 amide bonds. The van der Waals surface area contributed by atoms with Gasteiger partial charge in [0.1, 0.15) is 11.6 Å². The monoisotopic (exact) mass is 422 g/mol.